The number of hydrogen-bond donors (Lipinski definition) is 2. The van der Waals surface area contributed by atoms with Gasteiger partial charge in [-0.25, -0.2) is 4.68 Å². The van der Waals surface area contributed by atoms with Gasteiger partial charge >= 0.3 is 0 Å². The third-order valence-electron chi connectivity index (χ3n) is 4.62. The zero-order chi connectivity index (χ0) is 20.5. The van der Waals surface area contributed by atoms with Crippen LogP contribution in [0.15, 0.2) is 48.7 Å². The van der Waals surface area contributed by atoms with Crippen molar-refractivity contribution in [2.24, 2.45) is 0 Å². The molecular weight excluding hydrogens is 415 g/mol. The van der Waals surface area contributed by atoms with Crippen molar-refractivity contribution in [1.29, 1.82) is 0 Å². The van der Waals surface area contributed by atoms with Crippen LogP contribution in [0.1, 0.15) is 12.5 Å². The van der Waals surface area contributed by atoms with Crippen LogP contribution in [0.4, 0.5) is 11.5 Å². The molecule has 0 saturated heterocycles. The van der Waals surface area contributed by atoms with Crippen LogP contribution >= 0.6 is 23.2 Å². The highest BCUT2D eigenvalue weighted by Crippen LogP contribution is 2.36. The van der Waals surface area contributed by atoms with E-state index in [1.807, 2.05) is 24.3 Å². The predicted molar refractivity (Wildman–Crippen MR) is 112 cm³/mol. The number of rotatable bonds is 5. The van der Waals surface area contributed by atoms with E-state index in [0.717, 1.165) is 16.9 Å². The lowest BCUT2D eigenvalue weighted by atomic mass is 10.1. The van der Waals surface area contributed by atoms with Gasteiger partial charge in [0, 0.05) is 10.6 Å². The van der Waals surface area contributed by atoms with Crippen LogP contribution in [0.3, 0.4) is 0 Å². The predicted octanol–water partition coefficient (Wildman–Crippen LogP) is 4.39. The van der Waals surface area contributed by atoms with E-state index in [1.165, 1.54) is 4.68 Å². The van der Waals surface area contributed by atoms with Gasteiger partial charge in [-0.2, -0.15) is 5.10 Å². The SMILES string of the molecule is COc1ccc(-c2cnn3c2NC(=O)C3CC(=O)Nc2cc(Cl)ccc2Cl)cc1. The molecule has 0 bridgehead atoms. The number of halogens is 2. The second-order valence-corrected chi connectivity index (χ2v) is 7.31. The molecule has 0 aliphatic carbocycles. The normalized spacial score (nSPS) is 15.0. The molecule has 2 N–H and O–H groups in total. The van der Waals surface area contributed by atoms with E-state index in [0.29, 0.717) is 21.6 Å². The molecule has 148 valence electrons. The second kappa shape index (κ2) is 7.77. The van der Waals surface area contributed by atoms with Crippen LogP contribution in [-0.2, 0) is 9.59 Å². The average Bonchev–Trinajstić information content (AvgIpc) is 3.24. The van der Waals surface area contributed by atoms with Gasteiger partial charge in [-0.3, -0.25) is 9.59 Å². The van der Waals surface area contributed by atoms with Crippen LogP contribution in [0, 0.1) is 0 Å². The van der Waals surface area contributed by atoms with Crippen molar-refractivity contribution in [2.45, 2.75) is 12.5 Å². The number of hydrogen-bond acceptors (Lipinski definition) is 4. The first-order valence-electron chi connectivity index (χ1n) is 8.74. The zero-order valence-electron chi connectivity index (χ0n) is 15.3. The number of methoxy groups -OCH3 is 1. The maximum Gasteiger partial charge on any atom is 0.251 e. The third kappa shape index (κ3) is 3.79. The molecule has 7 nitrogen and oxygen atoms in total. The minimum Gasteiger partial charge on any atom is -0.497 e. The summed E-state index contributed by atoms with van der Waals surface area (Å²) >= 11 is 12.0. The fourth-order valence-electron chi connectivity index (χ4n) is 3.17. The molecule has 1 aromatic heterocycles. The first-order chi connectivity index (χ1) is 14.0. The molecule has 1 aliphatic rings. The second-order valence-electron chi connectivity index (χ2n) is 6.46. The molecule has 0 spiro atoms. The van der Waals surface area contributed by atoms with Crippen LogP contribution in [0.5, 0.6) is 5.75 Å². The maximum absolute atomic E-state index is 12.5. The molecule has 0 radical (unpaired) electrons. The topological polar surface area (TPSA) is 85.2 Å². The van der Waals surface area contributed by atoms with E-state index in [4.69, 9.17) is 27.9 Å². The number of amides is 2. The molecule has 0 saturated carbocycles. The van der Waals surface area contributed by atoms with Gasteiger partial charge in [-0.15, -0.1) is 0 Å². The Morgan fingerprint density at radius 3 is 2.72 bits per heavy atom. The average molecular weight is 431 g/mol. The lowest BCUT2D eigenvalue weighted by Crippen LogP contribution is -2.23. The monoisotopic (exact) mass is 430 g/mol. The maximum atomic E-state index is 12.5. The Balaban J connectivity index is 1.53. The summed E-state index contributed by atoms with van der Waals surface area (Å²) in [7, 11) is 1.60. The van der Waals surface area contributed by atoms with Gasteiger partial charge in [0.15, 0.2) is 0 Å². The van der Waals surface area contributed by atoms with Gasteiger partial charge < -0.3 is 15.4 Å². The largest absolute Gasteiger partial charge is 0.497 e. The van der Waals surface area contributed by atoms with Crippen LogP contribution in [0.2, 0.25) is 10.0 Å². The van der Waals surface area contributed by atoms with Crippen LogP contribution < -0.4 is 15.4 Å². The number of ether oxygens (including phenoxy) is 1. The Labute approximate surface area is 176 Å². The summed E-state index contributed by atoms with van der Waals surface area (Å²) < 4.78 is 6.70. The fourth-order valence-corrected chi connectivity index (χ4v) is 3.50. The molecule has 4 rings (SSSR count). The first kappa shape index (κ1) is 19.3. The van der Waals surface area contributed by atoms with Crippen molar-refractivity contribution >= 4 is 46.5 Å². The standard InChI is InChI=1S/C20H16Cl2N4O3/c1-29-13-5-2-11(3-6-13)14-10-23-26-17(20(28)25-19(14)26)9-18(27)24-16-8-12(21)4-7-15(16)22/h2-8,10,17H,9H2,1H3,(H,24,27)(H,25,28). The summed E-state index contributed by atoms with van der Waals surface area (Å²) in [4.78, 5) is 25.0. The van der Waals surface area contributed by atoms with Crippen molar-refractivity contribution in [3.05, 3.63) is 58.7 Å². The van der Waals surface area contributed by atoms with Crippen molar-refractivity contribution < 1.29 is 14.3 Å². The minimum absolute atomic E-state index is 0.0919. The fraction of sp³-hybridized carbons (Fsp3) is 0.150. The molecule has 1 aliphatic heterocycles. The minimum atomic E-state index is -0.755. The molecular formula is C20H16Cl2N4O3. The number of nitrogens with zero attached hydrogens (tertiary/aromatic N) is 2. The number of nitrogens with one attached hydrogen (secondary N) is 2. The highest BCUT2D eigenvalue weighted by molar-refractivity contribution is 6.35. The van der Waals surface area contributed by atoms with Gasteiger partial charge in [0.05, 0.1) is 30.4 Å². The van der Waals surface area contributed by atoms with Crippen LogP contribution in [0.25, 0.3) is 11.1 Å². The third-order valence-corrected chi connectivity index (χ3v) is 5.18. The molecule has 1 unspecified atom stereocenters. The lowest BCUT2D eigenvalue weighted by Gasteiger charge is -2.11. The molecule has 2 amide bonds. The van der Waals surface area contributed by atoms with E-state index in [-0.39, 0.29) is 18.2 Å². The Hall–Kier alpha value is -3.03. The highest BCUT2D eigenvalue weighted by atomic mass is 35.5. The molecule has 2 heterocycles. The Bertz CT molecular complexity index is 1100. The van der Waals surface area contributed by atoms with Crippen LogP contribution in [-0.4, -0.2) is 28.7 Å². The van der Waals surface area contributed by atoms with E-state index < -0.39 is 6.04 Å². The van der Waals surface area contributed by atoms with E-state index in [9.17, 15) is 9.59 Å². The summed E-state index contributed by atoms with van der Waals surface area (Å²) in [6, 6.07) is 11.4. The van der Waals surface area contributed by atoms with Crippen molar-refractivity contribution in [3.63, 3.8) is 0 Å². The summed E-state index contributed by atoms with van der Waals surface area (Å²) in [5, 5.41) is 10.6. The Morgan fingerprint density at radius 1 is 1.24 bits per heavy atom. The molecule has 2 aromatic carbocycles. The number of aromatic nitrogens is 2. The van der Waals surface area contributed by atoms with E-state index >= 15 is 0 Å². The number of benzene rings is 2. The summed E-state index contributed by atoms with van der Waals surface area (Å²) in [5.74, 6) is 0.619. The molecule has 9 heteroatoms. The first-order valence-corrected chi connectivity index (χ1v) is 9.49. The highest BCUT2D eigenvalue weighted by Gasteiger charge is 2.35. The molecule has 1 atom stereocenters. The van der Waals surface area contributed by atoms with E-state index in [1.54, 1.807) is 31.5 Å². The van der Waals surface area contributed by atoms with Gasteiger partial charge in [0.2, 0.25) is 5.91 Å². The van der Waals surface area contributed by atoms with Gasteiger partial charge in [-0.05, 0) is 35.9 Å². The van der Waals surface area contributed by atoms with Crippen molar-refractivity contribution in [1.82, 2.24) is 9.78 Å². The van der Waals surface area contributed by atoms with Gasteiger partial charge in [0.1, 0.15) is 17.6 Å². The molecule has 29 heavy (non-hydrogen) atoms. The van der Waals surface area contributed by atoms with Gasteiger partial charge in [-0.1, -0.05) is 35.3 Å². The van der Waals surface area contributed by atoms with Gasteiger partial charge in [0.25, 0.3) is 5.91 Å². The molecule has 0 fully saturated rings. The summed E-state index contributed by atoms with van der Waals surface area (Å²) in [5.41, 5.74) is 2.03. The molecule has 3 aromatic rings. The zero-order valence-corrected chi connectivity index (χ0v) is 16.8. The lowest BCUT2D eigenvalue weighted by molar-refractivity contribution is -0.123. The smallest absolute Gasteiger partial charge is 0.251 e. The van der Waals surface area contributed by atoms with E-state index in [2.05, 4.69) is 15.7 Å². The summed E-state index contributed by atoms with van der Waals surface area (Å²) in [6.07, 6.45) is 1.57. The van der Waals surface area contributed by atoms with Crippen molar-refractivity contribution in [3.8, 4) is 16.9 Å². The number of fused-ring (bicyclic) bond motifs is 1. The Morgan fingerprint density at radius 2 is 2.00 bits per heavy atom. The Kier molecular flexibility index (Phi) is 5.17. The van der Waals surface area contributed by atoms with Crippen molar-refractivity contribution in [2.75, 3.05) is 17.7 Å². The quantitative estimate of drug-likeness (QED) is 0.628. The number of anilines is 2. The number of carbonyl (C=O) groups is 2. The summed E-state index contributed by atoms with van der Waals surface area (Å²) in [6.45, 7) is 0. The number of carbonyl (C=O) groups excluding carboxylic acids is 2.